The summed E-state index contributed by atoms with van der Waals surface area (Å²) in [7, 11) is 0. The van der Waals surface area contributed by atoms with Crippen molar-refractivity contribution in [2.45, 2.75) is 19.5 Å². The van der Waals surface area contributed by atoms with Crippen LogP contribution in [-0.4, -0.2) is 31.0 Å². The van der Waals surface area contributed by atoms with Gasteiger partial charge < -0.3 is 0 Å². The third kappa shape index (κ3) is 2.29. The van der Waals surface area contributed by atoms with Gasteiger partial charge in [-0.1, -0.05) is 16.1 Å². The zero-order chi connectivity index (χ0) is 11.7. The largest absolute Gasteiger partial charge is 0.291 e. The van der Waals surface area contributed by atoms with E-state index in [0.29, 0.717) is 4.34 Å². The monoisotopic (exact) mass is 267 g/mol. The molecular weight excluding hydrogens is 258 g/mol. The molecule has 0 saturated carbocycles. The van der Waals surface area contributed by atoms with Crippen LogP contribution in [-0.2, 0) is 19.5 Å². The molecule has 0 saturated heterocycles. The summed E-state index contributed by atoms with van der Waals surface area (Å²) in [5, 5.41) is 4.03. The van der Waals surface area contributed by atoms with Crippen LogP contribution in [0.4, 0.5) is 0 Å². The van der Waals surface area contributed by atoms with Gasteiger partial charge in [0, 0.05) is 37.4 Å². The van der Waals surface area contributed by atoms with E-state index in [1.54, 1.807) is 6.33 Å². The van der Waals surface area contributed by atoms with Crippen LogP contribution in [0.3, 0.4) is 0 Å². The second-order valence-electron chi connectivity index (χ2n) is 3.95. The normalized spacial score (nSPS) is 15.8. The Morgan fingerprint density at radius 2 is 2.41 bits per heavy atom. The molecule has 17 heavy (non-hydrogen) atoms. The highest BCUT2D eigenvalue weighted by molar-refractivity contribution is 7.10. The minimum atomic E-state index is 0.679. The molecule has 2 aromatic rings. The molecule has 5 nitrogen and oxygen atoms in total. The van der Waals surface area contributed by atoms with Crippen molar-refractivity contribution in [1.82, 2.24) is 24.5 Å². The molecule has 0 aliphatic carbocycles. The van der Waals surface area contributed by atoms with Crippen LogP contribution in [0.5, 0.6) is 0 Å². The molecule has 0 spiro atoms. The molecule has 2 aromatic heterocycles. The first kappa shape index (κ1) is 11.0. The molecule has 0 atom stereocenters. The molecule has 1 aliphatic heterocycles. The van der Waals surface area contributed by atoms with Crippen molar-refractivity contribution in [1.29, 1.82) is 0 Å². The standard InChI is InChI=1S/C10H10ClN5S/c11-10-9(14-15-17-10)5-16-2-1-7-3-12-6-13-8(7)4-16/h3,6H,1-2,4-5H2. The third-order valence-electron chi connectivity index (χ3n) is 2.83. The van der Waals surface area contributed by atoms with Gasteiger partial charge in [-0.25, -0.2) is 9.97 Å². The molecule has 0 unspecified atom stereocenters. The Labute approximate surface area is 108 Å². The maximum Gasteiger partial charge on any atom is 0.138 e. The number of hydrogen-bond donors (Lipinski definition) is 0. The van der Waals surface area contributed by atoms with Gasteiger partial charge in [-0.05, 0) is 12.0 Å². The molecule has 0 bridgehead atoms. The predicted octanol–water partition coefficient (Wildman–Crippen LogP) is 1.54. The quantitative estimate of drug-likeness (QED) is 0.826. The lowest BCUT2D eigenvalue weighted by molar-refractivity contribution is 0.238. The van der Waals surface area contributed by atoms with Gasteiger partial charge in [0.25, 0.3) is 0 Å². The summed E-state index contributed by atoms with van der Waals surface area (Å²) in [6, 6.07) is 0. The maximum atomic E-state index is 6.00. The Bertz CT molecular complexity index is 529. The molecule has 1 aliphatic rings. The van der Waals surface area contributed by atoms with Crippen LogP contribution in [0.2, 0.25) is 4.34 Å². The van der Waals surface area contributed by atoms with Gasteiger partial charge in [0.15, 0.2) is 0 Å². The predicted molar refractivity (Wildman–Crippen MR) is 64.8 cm³/mol. The number of rotatable bonds is 2. The molecule has 0 amide bonds. The summed E-state index contributed by atoms with van der Waals surface area (Å²) in [5.41, 5.74) is 3.20. The van der Waals surface area contributed by atoms with Gasteiger partial charge in [0.1, 0.15) is 16.4 Å². The lowest BCUT2D eigenvalue weighted by Crippen LogP contribution is -2.31. The fraction of sp³-hybridized carbons (Fsp3) is 0.400. The van der Waals surface area contributed by atoms with E-state index in [1.807, 2.05) is 6.20 Å². The van der Waals surface area contributed by atoms with Gasteiger partial charge in [0.05, 0.1) is 5.69 Å². The van der Waals surface area contributed by atoms with E-state index in [0.717, 1.165) is 37.4 Å². The summed E-state index contributed by atoms with van der Waals surface area (Å²) >= 11 is 7.23. The molecule has 0 N–H and O–H groups in total. The zero-order valence-electron chi connectivity index (χ0n) is 9.01. The topological polar surface area (TPSA) is 54.8 Å². The SMILES string of the molecule is Clc1snnc1CN1CCc2cncnc2C1. The Morgan fingerprint density at radius 1 is 1.47 bits per heavy atom. The molecule has 0 fully saturated rings. The summed E-state index contributed by atoms with van der Waals surface area (Å²) in [5.74, 6) is 0. The van der Waals surface area contributed by atoms with Crippen LogP contribution in [0.15, 0.2) is 12.5 Å². The zero-order valence-corrected chi connectivity index (χ0v) is 10.6. The van der Waals surface area contributed by atoms with E-state index in [-0.39, 0.29) is 0 Å². The highest BCUT2D eigenvalue weighted by Crippen LogP contribution is 2.22. The van der Waals surface area contributed by atoms with Crippen molar-refractivity contribution in [2.75, 3.05) is 6.54 Å². The highest BCUT2D eigenvalue weighted by Gasteiger charge is 2.19. The number of fused-ring (bicyclic) bond motifs is 1. The third-order valence-corrected chi connectivity index (χ3v) is 3.82. The van der Waals surface area contributed by atoms with Gasteiger partial charge in [-0.3, -0.25) is 4.90 Å². The van der Waals surface area contributed by atoms with Crippen molar-refractivity contribution < 1.29 is 0 Å². The van der Waals surface area contributed by atoms with Crippen molar-refractivity contribution >= 4 is 23.1 Å². The van der Waals surface area contributed by atoms with E-state index in [2.05, 4.69) is 24.5 Å². The van der Waals surface area contributed by atoms with E-state index in [1.165, 1.54) is 17.1 Å². The first-order chi connectivity index (χ1) is 8.33. The molecule has 3 heterocycles. The van der Waals surface area contributed by atoms with Gasteiger partial charge in [-0.15, -0.1) is 5.10 Å². The Balaban J connectivity index is 1.74. The van der Waals surface area contributed by atoms with E-state index < -0.39 is 0 Å². The van der Waals surface area contributed by atoms with Gasteiger partial charge >= 0.3 is 0 Å². The summed E-state index contributed by atoms with van der Waals surface area (Å²) in [6.07, 6.45) is 4.47. The lowest BCUT2D eigenvalue weighted by atomic mass is 10.1. The Kier molecular flexibility index (Phi) is 3.00. The summed E-state index contributed by atoms with van der Waals surface area (Å²) in [6.45, 7) is 2.54. The Morgan fingerprint density at radius 3 is 3.24 bits per heavy atom. The van der Waals surface area contributed by atoms with Gasteiger partial charge in [-0.2, -0.15) is 0 Å². The number of halogens is 1. The minimum Gasteiger partial charge on any atom is -0.291 e. The van der Waals surface area contributed by atoms with Gasteiger partial charge in [0.2, 0.25) is 0 Å². The second kappa shape index (κ2) is 4.64. The highest BCUT2D eigenvalue weighted by atomic mass is 35.5. The van der Waals surface area contributed by atoms with Crippen LogP contribution in [0.25, 0.3) is 0 Å². The number of nitrogens with zero attached hydrogens (tertiary/aromatic N) is 5. The molecule has 0 radical (unpaired) electrons. The fourth-order valence-corrected chi connectivity index (χ4v) is 2.55. The fourth-order valence-electron chi connectivity index (χ4n) is 1.94. The first-order valence-corrected chi connectivity index (χ1v) is 6.45. The molecule has 3 rings (SSSR count). The van der Waals surface area contributed by atoms with Crippen molar-refractivity contribution in [3.8, 4) is 0 Å². The van der Waals surface area contributed by atoms with E-state index >= 15 is 0 Å². The number of aromatic nitrogens is 4. The van der Waals surface area contributed by atoms with E-state index in [4.69, 9.17) is 11.6 Å². The Hall–Kier alpha value is -1.11. The van der Waals surface area contributed by atoms with Crippen LogP contribution < -0.4 is 0 Å². The maximum absolute atomic E-state index is 6.00. The summed E-state index contributed by atoms with van der Waals surface area (Å²) < 4.78 is 4.52. The van der Waals surface area contributed by atoms with Crippen molar-refractivity contribution in [3.05, 3.63) is 33.8 Å². The van der Waals surface area contributed by atoms with Crippen molar-refractivity contribution in [2.24, 2.45) is 0 Å². The lowest BCUT2D eigenvalue weighted by Gasteiger charge is -2.26. The van der Waals surface area contributed by atoms with Crippen LogP contribution in [0, 0.1) is 0 Å². The molecular formula is C10H10ClN5S. The van der Waals surface area contributed by atoms with Crippen LogP contribution in [0.1, 0.15) is 17.0 Å². The molecule has 7 heteroatoms. The molecule has 88 valence electrons. The average molecular weight is 268 g/mol. The summed E-state index contributed by atoms with van der Waals surface area (Å²) in [4.78, 5) is 10.6. The smallest absolute Gasteiger partial charge is 0.138 e. The van der Waals surface area contributed by atoms with Crippen molar-refractivity contribution in [3.63, 3.8) is 0 Å². The van der Waals surface area contributed by atoms with E-state index in [9.17, 15) is 0 Å². The second-order valence-corrected chi connectivity index (χ2v) is 5.30. The average Bonchev–Trinajstić information content (AvgIpc) is 2.75. The molecule has 0 aromatic carbocycles. The first-order valence-electron chi connectivity index (χ1n) is 5.30. The number of hydrogen-bond acceptors (Lipinski definition) is 6. The van der Waals surface area contributed by atoms with Crippen LogP contribution >= 0.6 is 23.1 Å². The minimum absolute atomic E-state index is 0.679.